The van der Waals surface area contributed by atoms with Crippen LogP contribution in [0.15, 0.2) is 0 Å². The average molecular weight is 226 g/mol. The highest BCUT2D eigenvalue weighted by Crippen LogP contribution is 2.11. The molecule has 3 nitrogen and oxygen atoms in total. The molecule has 2 atom stereocenters. The van der Waals surface area contributed by atoms with Gasteiger partial charge in [-0.1, -0.05) is 33.1 Å². The first kappa shape index (κ1) is 13.5. The second kappa shape index (κ2) is 7.66. The first-order chi connectivity index (χ1) is 7.74. The highest BCUT2D eigenvalue weighted by molar-refractivity contribution is 5.76. The van der Waals surface area contributed by atoms with Crippen molar-refractivity contribution in [1.82, 2.24) is 10.6 Å². The van der Waals surface area contributed by atoms with E-state index in [4.69, 9.17) is 0 Å². The second-order valence-corrected chi connectivity index (χ2v) is 4.95. The lowest BCUT2D eigenvalue weighted by molar-refractivity contribution is -0.122. The topological polar surface area (TPSA) is 41.1 Å². The summed E-state index contributed by atoms with van der Waals surface area (Å²) in [6.45, 7) is 6.46. The highest BCUT2D eigenvalue weighted by Gasteiger charge is 2.21. The van der Waals surface area contributed by atoms with E-state index in [0.29, 0.717) is 18.4 Å². The maximum atomic E-state index is 11.7. The van der Waals surface area contributed by atoms with Gasteiger partial charge in [0, 0.05) is 12.5 Å². The molecule has 1 saturated heterocycles. The Morgan fingerprint density at radius 2 is 2.19 bits per heavy atom. The lowest BCUT2D eigenvalue weighted by Gasteiger charge is -2.30. The molecule has 2 unspecified atom stereocenters. The van der Waals surface area contributed by atoms with Crippen LogP contribution >= 0.6 is 0 Å². The van der Waals surface area contributed by atoms with Gasteiger partial charge in [-0.05, 0) is 31.8 Å². The molecule has 0 aromatic carbocycles. The zero-order valence-corrected chi connectivity index (χ0v) is 10.7. The number of nitrogens with one attached hydrogen (secondary N) is 2. The van der Waals surface area contributed by atoms with Gasteiger partial charge in [-0.3, -0.25) is 4.79 Å². The van der Waals surface area contributed by atoms with Crippen molar-refractivity contribution in [3.8, 4) is 0 Å². The fourth-order valence-electron chi connectivity index (χ4n) is 2.22. The summed E-state index contributed by atoms with van der Waals surface area (Å²) >= 11 is 0. The summed E-state index contributed by atoms with van der Waals surface area (Å²) in [5.74, 6) is 0.809. The van der Waals surface area contributed by atoms with Crippen LogP contribution < -0.4 is 10.6 Å². The molecular formula is C13H26N2O. The quantitative estimate of drug-likeness (QED) is 0.681. The Morgan fingerprint density at radius 1 is 1.38 bits per heavy atom. The van der Waals surface area contributed by atoms with Crippen LogP contribution in [0, 0.1) is 5.92 Å². The molecule has 1 heterocycles. The Hall–Kier alpha value is -0.570. The van der Waals surface area contributed by atoms with Gasteiger partial charge >= 0.3 is 0 Å². The Bertz CT molecular complexity index is 206. The van der Waals surface area contributed by atoms with E-state index < -0.39 is 0 Å². The molecule has 0 aromatic heterocycles. The molecule has 1 amide bonds. The van der Waals surface area contributed by atoms with Crippen LogP contribution in [0.5, 0.6) is 0 Å². The SMILES string of the molecule is CCCCCCC(=O)NC1CCNCC1C. The number of carbonyl (C=O) groups is 1. The first-order valence-electron chi connectivity index (χ1n) is 6.74. The minimum absolute atomic E-state index is 0.245. The average Bonchev–Trinajstić information content (AvgIpc) is 2.28. The van der Waals surface area contributed by atoms with Crippen molar-refractivity contribution in [2.75, 3.05) is 13.1 Å². The third-order valence-electron chi connectivity index (χ3n) is 3.39. The number of amides is 1. The maximum Gasteiger partial charge on any atom is 0.220 e. The van der Waals surface area contributed by atoms with E-state index in [1.807, 2.05) is 0 Å². The van der Waals surface area contributed by atoms with E-state index in [0.717, 1.165) is 25.9 Å². The van der Waals surface area contributed by atoms with Gasteiger partial charge < -0.3 is 10.6 Å². The van der Waals surface area contributed by atoms with Gasteiger partial charge in [0.05, 0.1) is 0 Å². The van der Waals surface area contributed by atoms with E-state index >= 15 is 0 Å². The summed E-state index contributed by atoms with van der Waals surface area (Å²) in [4.78, 5) is 11.7. The molecule has 0 aliphatic carbocycles. The minimum atomic E-state index is 0.245. The molecule has 0 bridgehead atoms. The van der Waals surface area contributed by atoms with Gasteiger partial charge in [-0.15, -0.1) is 0 Å². The van der Waals surface area contributed by atoms with Crippen LogP contribution in [-0.2, 0) is 4.79 Å². The van der Waals surface area contributed by atoms with Crippen LogP contribution in [-0.4, -0.2) is 25.0 Å². The molecule has 0 radical (unpaired) electrons. The smallest absolute Gasteiger partial charge is 0.220 e. The molecule has 1 aliphatic rings. The van der Waals surface area contributed by atoms with E-state index in [-0.39, 0.29) is 5.91 Å². The molecule has 1 fully saturated rings. The summed E-state index contributed by atoms with van der Waals surface area (Å²) in [6.07, 6.45) is 6.48. The Labute approximate surface area is 99.4 Å². The fraction of sp³-hybridized carbons (Fsp3) is 0.923. The Kier molecular flexibility index (Phi) is 6.46. The number of carbonyl (C=O) groups excluding carboxylic acids is 1. The number of hydrogen-bond acceptors (Lipinski definition) is 2. The standard InChI is InChI=1S/C13H26N2O/c1-3-4-5-6-7-13(16)15-12-8-9-14-10-11(12)2/h11-12,14H,3-10H2,1-2H3,(H,15,16). The van der Waals surface area contributed by atoms with Crippen molar-refractivity contribution >= 4 is 5.91 Å². The molecular weight excluding hydrogens is 200 g/mol. The van der Waals surface area contributed by atoms with Crippen LogP contribution in [0.25, 0.3) is 0 Å². The Balaban J connectivity index is 2.12. The van der Waals surface area contributed by atoms with Crippen molar-refractivity contribution in [1.29, 1.82) is 0 Å². The molecule has 2 N–H and O–H groups in total. The molecule has 0 saturated carbocycles. The molecule has 16 heavy (non-hydrogen) atoms. The highest BCUT2D eigenvalue weighted by atomic mass is 16.1. The lowest BCUT2D eigenvalue weighted by Crippen LogP contribution is -2.48. The molecule has 1 rings (SSSR count). The summed E-state index contributed by atoms with van der Waals surface area (Å²) in [5.41, 5.74) is 0. The zero-order valence-electron chi connectivity index (χ0n) is 10.7. The second-order valence-electron chi connectivity index (χ2n) is 4.95. The number of rotatable bonds is 6. The number of hydrogen-bond donors (Lipinski definition) is 2. The van der Waals surface area contributed by atoms with Crippen molar-refractivity contribution in [2.24, 2.45) is 5.92 Å². The van der Waals surface area contributed by atoms with E-state index in [1.54, 1.807) is 0 Å². The molecule has 94 valence electrons. The summed E-state index contributed by atoms with van der Waals surface area (Å²) in [5, 5.41) is 6.51. The molecule has 3 heteroatoms. The molecule has 0 aromatic rings. The van der Waals surface area contributed by atoms with Gasteiger partial charge in [0.15, 0.2) is 0 Å². The van der Waals surface area contributed by atoms with Gasteiger partial charge in [-0.2, -0.15) is 0 Å². The van der Waals surface area contributed by atoms with Crippen LogP contribution in [0.4, 0.5) is 0 Å². The van der Waals surface area contributed by atoms with Crippen LogP contribution in [0.2, 0.25) is 0 Å². The number of piperidine rings is 1. The van der Waals surface area contributed by atoms with Crippen molar-refractivity contribution in [3.63, 3.8) is 0 Å². The van der Waals surface area contributed by atoms with E-state index in [1.165, 1.54) is 19.3 Å². The molecule has 0 spiro atoms. The lowest BCUT2D eigenvalue weighted by atomic mass is 9.95. The largest absolute Gasteiger partial charge is 0.353 e. The summed E-state index contributed by atoms with van der Waals surface area (Å²) in [6, 6.07) is 0.389. The zero-order chi connectivity index (χ0) is 11.8. The van der Waals surface area contributed by atoms with Crippen molar-refractivity contribution < 1.29 is 4.79 Å². The predicted octanol–water partition coefficient (Wildman–Crippen LogP) is 2.07. The molecule has 1 aliphatic heterocycles. The van der Waals surface area contributed by atoms with Gasteiger partial charge in [0.2, 0.25) is 5.91 Å². The van der Waals surface area contributed by atoms with Crippen LogP contribution in [0.1, 0.15) is 52.4 Å². The summed E-state index contributed by atoms with van der Waals surface area (Å²) < 4.78 is 0. The van der Waals surface area contributed by atoms with E-state index in [2.05, 4.69) is 24.5 Å². The van der Waals surface area contributed by atoms with Gasteiger partial charge in [0.1, 0.15) is 0 Å². The minimum Gasteiger partial charge on any atom is -0.353 e. The number of unbranched alkanes of at least 4 members (excludes halogenated alkanes) is 3. The van der Waals surface area contributed by atoms with Crippen molar-refractivity contribution in [2.45, 2.75) is 58.4 Å². The monoisotopic (exact) mass is 226 g/mol. The fourth-order valence-corrected chi connectivity index (χ4v) is 2.22. The Morgan fingerprint density at radius 3 is 2.88 bits per heavy atom. The van der Waals surface area contributed by atoms with Crippen molar-refractivity contribution in [3.05, 3.63) is 0 Å². The predicted molar refractivity (Wildman–Crippen MR) is 67.3 cm³/mol. The first-order valence-corrected chi connectivity index (χ1v) is 6.74. The third kappa shape index (κ3) is 4.97. The third-order valence-corrected chi connectivity index (χ3v) is 3.39. The maximum absolute atomic E-state index is 11.7. The normalized spacial score (nSPS) is 25.4. The van der Waals surface area contributed by atoms with Gasteiger partial charge in [-0.25, -0.2) is 0 Å². The van der Waals surface area contributed by atoms with Crippen LogP contribution in [0.3, 0.4) is 0 Å². The summed E-state index contributed by atoms with van der Waals surface area (Å²) in [7, 11) is 0. The van der Waals surface area contributed by atoms with Gasteiger partial charge in [0.25, 0.3) is 0 Å². The van der Waals surface area contributed by atoms with E-state index in [9.17, 15) is 4.79 Å².